The zero-order valence-corrected chi connectivity index (χ0v) is 13.5. The summed E-state index contributed by atoms with van der Waals surface area (Å²) >= 11 is 0. The average Bonchev–Trinajstić information content (AvgIpc) is 2.60. The van der Waals surface area contributed by atoms with E-state index in [1.807, 2.05) is 37.3 Å². The molecule has 1 N–H and O–H groups in total. The lowest BCUT2D eigenvalue weighted by molar-refractivity contribution is -0.148. The van der Waals surface area contributed by atoms with Crippen LogP contribution in [-0.2, 0) is 20.9 Å². The molecule has 0 radical (unpaired) electrons. The van der Waals surface area contributed by atoms with Crippen LogP contribution in [0.25, 0.3) is 0 Å². The average molecular weight is 329 g/mol. The first kappa shape index (κ1) is 17.7. The molecule has 126 valence electrons. The summed E-state index contributed by atoms with van der Waals surface area (Å²) in [6, 6.07) is 15.5. The molecule has 0 unspecified atom stereocenters. The number of carbonyl (C=O) groups is 2. The van der Waals surface area contributed by atoms with Crippen LogP contribution < -0.4 is 5.32 Å². The van der Waals surface area contributed by atoms with Crippen molar-refractivity contribution in [1.29, 1.82) is 0 Å². The molecule has 0 heterocycles. The zero-order valence-electron chi connectivity index (χ0n) is 13.5. The van der Waals surface area contributed by atoms with Crippen LogP contribution >= 0.6 is 0 Å². The minimum atomic E-state index is -0.414. The summed E-state index contributed by atoms with van der Waals surface area (Å²) in [6.07, 6.45) is 0.218. The number of ether oxygens (including phenoxy) is 1. The molecule has 0 aliphatic heterocycles. The molecule has 2 aromatic rings. The Bertz CT molecular complexity index is 671. The Balaban J connectivity index is 1.69. The fraction of sp³-hybridized carbons (Fsp3) is 0.263. The second-order valence-electron chi connectivity index (χ2n) is 5.58. The van der Waals surface area contributed by atoms with Crippen molar-refractivity contribution in [2.45, 2.75) is 25.8 Å². The maximum Gasteiger partial charge on any atom is 0.306 e. The highest BCUT2D eigenvalue weighted by Crippen LogP contribution is 2.18. The van der Waals surface area contributed by atoms with Gasteiger partial charge in [-0.25, -0.2) is 4.39 Å². The molecule has 0 bridgehead atoms. The highest BCUT2D eigenvalue weighted by Gasteiger charge is 2.13. The minimum Gasteiger partial charge on any atom is -0.456 e. The maximum atomic E-state index is 12.8. The van der Waals surface area contributed by atoms with Gasteiger partial charge in [-0.2, -0.15) is 0 Å². The van der Waals surface area contributed by atoms with Crippen LogP contribution in [0.2, 0.25) is 0 Å². The molecule has 1 amide bonds. The summed E-state index contributed by atoms with van der Waals surface area (Å²) in [6.45, 7) is 1.88. The fourth-order valence-electron chi connectivity index (χ4n) is 2.21. The Morgan fingerprint density at radius 2 is 1.75 bits per heavy atom. The molecule has 0 fully saturated rings. The Morgan fingerprint density at radius 1 is 1.08 bits per heavy atom. The van der Waals surface area contributed by atoms with E-state index >= 15 is 0 Å². The van der Waals surface area contributed by atoms with Gasteiger partial charge in [-0.15, -0.1) is 0 Å². The lowest BCUT2D eigenvalue weighted by Crippen LogP contribution is -2.28. The van der Waals surface area contributed by atoms with Crippen molar-refractivity contribution in [2.24, 2.45) is 0 Å². The predicted molar refractivity (Wildman–Crippen MR) is 88.7 cm³/mol. The number of amides is 1. The standard InChI is InChI=1S/C19H20FNO3/c1-14(16-5-3-2-4-6-16)11-19(23)24-13-18(22)21-12-15-7-9-17(20)10-8-15/h2-10,14H,11-13H2,1H3,(H,21,22)/t14-/m0/s1. The van der Waals surface area contributed by atoms with Crippen molar-refractivity contribution in [2.75, 3.05) is 6.61 Å². The summed E-state index contributed by atoms with van der Waals surface area (Å²) in [5.74, 6) is -1.10. The first-order chi connectivity index (χ1) is 11.5. The van der Waals surface area contributed by atoms with Gasteiger partial charge in [0.2, 0.25) is 0 Å². The van der Waals surface area contributed by atoms with Crippen molar-refractivity contribution in [3.8, 4) is 0 Å². The second kappa shape index (κ2) is 8.82. The van der Waals surface area contributed by atoms with Crippen molar-refractivity contribution in [3.63, 3.8) is 0 Å². The first-order valence-electron chi connectivity index (χ1n) is 7.76. The second-order valence-corrected chi connectivity index (χ2v) is 5.58. The van der Waals surface area contributed by atoms with Gasteiger partial charge in [-0.3, -0.25) is 9.59 Å². The van der Waals surface area contributed by atoms with E-state index in [4.69, 9.17) is 4.74 Å². The third-order valence-electron chi connectivity index (χ3n) is 3.61. The molecule has 1 atom stereocenters. The summed E-state index contributed by atoms with van der Waals surface area (Å²) in [4.78, 5) is 23.5. The summed E-state index contributed by atoms with van der Waals surface area (Å²) in [5, 5.41) is 2.62. The Kier molecular flexibility index (Phi) is 6.49. The number of rotatable bonds is 7. The number of halogens is 1. The zero-order chi connectivity index (χ0) is 17.4. The van der Waals surface area contributed by atoms with Crippen LogP contribution in [-0.4, -0.2) is 18.5 Å². The smallest absolute Gasteiger partial charge is 0.306 e. The monoisotopic (exact) mass is 329 g/mol. The predicted octanol–water partition coefficient (Wildman–Crippen LogP) is 3.18. The SMILES string of the molecule is C[C@@H](CC(=O)OCC(=O)NCc1ccc(F)cc1)c1ccccc1. The number of nitrogens with one attached hydrogen (secondary N) is 1. The molecular formula is C19H20FNO3. The summed E-state index contributed by atoms with van der Waals surface area (Å²) < 4.78 is 17.8. The van der Waals surface area contributed by atoms with Gasteiger partial charge in [0.1, 0.15) is 5.82 Å². The van der Waals surface area contributed by atoms with Gasteiger partial charge in [-0.1, -0.05) is 49.4 Å². The Hall–Kier alpha value is -2.69. The highest BCUT2D eigenvalue weighted by molar-refractivity contribution is 5.80. The molecule has 0 aliphatic carbocycles. The third-order valence-corrected chi connectivity index (χ3v) is 3.61. The van der Waals surface area contributed by atoms with E-state index in [0.717, 1.165) is 11.1 Å². The Morgan fingerprint density at radius 3 is 2.42 bits per heavy atom. The van der Waals surface area contributed by atoms with Crippen molar-refractivity contribution < 1.29 is 18.7 Å². The van der Waals surface area contributed by atoms with Gasteiger partial charge in [0.25, 0.3) is 5.91 Å². The molecule has 0 aliphatic rings. The quantitative estimate of drug-likeness (QED) is 0.794. The summed E-state index contributed by atoms with van der Waals surface area (Å²) in [5.41, 5.74) is 1.82. The molecule has 2 aromatic carbocycles. The van der Waals surface area contributed by atoms with E-state index < -0.39 is 5.97 Å². The van der Waals surface area contributed by atoms with Crippen molar-refractivity contribution in [1.82, 2.24) is 5.32 Å². The van der Waals surface area contributed by atoms with Gasteiger partial charge in [0.05, 0.1) is 6.42 Å². The van der Waals surface area contributed by atoms with Crippen molar-refractivity contribution >= 4 is 11.9 Å². The summed E-state index contributed by atoms with van der Waals surface area (Å²) in [7, 11) is 0. The van der Waals surface area contributed by atoms with Gasteiger partial charge >= 0.3 is 5.97 Å². The maximum absolute atomic E-state index is 12.8. The molecule has 0 saturated heterocycles. The van der Waals surface area contributed by atoms with E-state index in [-0.39, 0.29) is 37.2 Å². The molecule has 5 heteroatoms. The highest BCUT2D eigenvalue weighted by atomic mass is 19.1. The van der Waals surface area contributed by atoms with Gasteiger partial charge in [0.15, 0.2) is 6.61 Å². The van der Waals surface area contributed by atoms with Crippen LogP contribution in [0.3, 0.4) is 0 Å². The number of esters is 1. The number of benzene rings is 2. The van der Waals surface area contributed by atoms with Crippen LogP contribution in [0.5, 0.6) is 0 Å². The van der Waals surface area contributed by atoms with Crippen LogP contribution in [0.15, 0.2) is 54.6 Å². The molecule has 2 rings (SSSR count). The lowest BCUT2D eigenvalue weighted by atomic mass is 9.98. The largest absolute Gasteiger partial charge is 0.456 e. The molecule has 4 nitrogen and oxygen atoms in total. The number of hydrogen-bond acceptors (Lipinski definition) is 3. The molecular weight excluding hydrogens is 309 g/mol. The number of carbonyl (C=O) groups excluding carboxylic acids is 2. The van der Waals surface area contributed by atoms with E-state index in [1.165, 1.54) is 12.1 Å². The Labute approximate surface area is 140 Å². The van der Waals surface area contributed by atoms with E-state index in [2.05, 4.69) is 5.32 Å². The van der Waals surface area contributed by atoms with Gasteiger partial charge < -0.3 is 10.1 Å². The number of hydrogen-bond donors (Lipinski definition) is 1. The third kappa shape index (κ3) is 5.83. The van der Waals surface area contributed by atoms with E-state index in [0.29, 0.717) is 0 Å². The lowest BCUT2D eigenvalue weighted by Gasteiger charge is -2.11. The van der Waals surface area contributed by atoms with Crippen LogP contribution in [0.1, 0.15) is 30.4 Å². The van der Waals surface area contributed by atoms with Gasteiger partial charge in [-0.05, 0) is 29.2 Å². The molecule has 0 spiro atoms. The van der Waals surface area contributed by atoms with E-state index in [9.17, 15) is 14.0 Å². The fourth-order valence-corrected chi connectivity index (χ4v) is 2.21. The molecule has 24 heavy (non-hydrogen) atoms. The van der Waals surface area contributed by atoms with Crippen LogP contribution in [0.4, 0.5) is 4.39 Å². The molecule has 0 aromatic heterocycles. The first-order valence-corrected chi connectivity index (χ1v) is 7.76. The van der Waals surface area contributed by atoms with E-state index in [1.54, 1.807) is 12.1 Å². The van der Waals surface area contributed by atoms with Crippen LogP contribution in [0, 0.1) is 5.82 Å². The van der Waals surface area contributed by atoms with Gasteiger partial charge in [0, 0.05) is 6.54 Å². The normalized spacial score (nSPS) is 11.6. The van der Waals surface area contributed by atoms with Crippen molar-refractivity contribution in [3.05, 3.63) is 71.5 Å². The minimum absolute atomic E-state index is 0.0287. The molecule has 0 saturated carbocycles. The topological polar surface area (TPSA) is 55.4 Å².